The monoisotopic (exact) mass is 474 g/mol. The summed E-state index contributed by atoms with van der Waals surface area (Å²) >= 11 is 2.49. The maximum absolute atomic E-state index is 13.7. The van der Waals surface area contributed by atoms with Crippen LogP contribution in [0.5, 0.6) is 0 Å². The van der Waals surface area contributed by atoms with Crippen LogP contribution in [-0.2, 0) is 5.92 Å². The molecule has 150 valence electrons. The largest absolute Gasteiger partial charge is 0.460 e. The summed E-state index contributed by atoms with van der Waals surface area (Å²) in [4.78, 5) is 0. The zero-order valence-corrected chi connectivity index (χ0v) is 13.2. The van der Waals surface area contributed by atoms with Crippen LogP contribution < -0.4 is 0 Å². The van der Waals surface area contributed by atoms with Crippen LogP contribution in [0.2, 0.25) is 0 Å². The number of hydrogen-bond acceptors (Lipinski definition) is 0. The van der Waals surface area contributed by atoms with Crippen LogP contribution in [0, 0.1) is 0 Å². The molecule has 0 aromatic heterocycles. The molecule has 0 atom stereocenters. The summed E-state index contributed by atoms with van der Waals surface area (Å²) in [7, 11) is 0. The molecule has 0 N–H and O–H groups in total. The van der Waals surface area contributed by atoms with Crippen molar-refractivity contribution in [2.24, 2.45) is 0 Å². The summed E-state index contributed by atoms with van der Waals surface area (Å²) in [6, 6.07) is 1.66. The van der Waals surface area contributed by atoms with Gasteiger partial charge in [0.05, 0.1) is 0 Å². The normalized spacial score (nSPS) is 15.3. The molecule has 1 rings (SSSR count). The van der Waals surface area contributed by atoms with E-state index in [0.29, 0.717) is 6.07 Å². The fraction of sp³-hybridized carbons (Fsp3) is 0.500. The second-order valence-electron chi connectivity index (χ2n) is 4.88. The fourth-order valence-corrected chi connectivity index (χ4v) is 2.03. The summed E-state index contributed by atoms with van der Waals surface area (Å²) in [5.41, 5.74) is -2.03. The van der Waals surface area contributed by atoms with Gasteiger partial charge in [0.15, 0.2) is 0 Å². The van der Waals surface area contributed by atoms with Crippen LogP contribution >= 0.6 is 15.9 Å². The van der Waals surface area contributed by atoms with E-state index in [1.807, 2.05) is 0 Å². The van der Waals surface area contributed by atoms with Crippen molar-refractivity contribution in [2.45, 2.75) is 35.8 Å². The summed E-state index contributed by atoms with van der Waals surface area (Å²) in [5.74, 6) is -37.0. The van der Waals surface area contributed by atoms with Crippen molar-refractivity contribution >= 4 is 15.9 Å². The number of halogens is 14. The number of rotatable bonds is 5. The van der Waals surface area contributed by atoms with Crippen LogP contribution in [0.15, 0.2) is 28.7 Å². The third kappa shape index (κ3) is 3.03. The lowest BCUT2D eigenvalue weighted by Crippen LogP contribution is -2.69. The predicted octanol–water partition coefficient (Wildman–Crippen LogP) is 6.64. The zero-order valence-electron chi connectivity index (χ0n) is 11.6. The van der Waals surface area contributed by atoms with Gasteiger partial charge in [-0.2, -0.15) is 57.1 Å². The van der Waals surface area contributed by atoms with Crippen molar-refractivity contribution < 1.29 is 57.1 Å². The second-order valence-corrected chi connectivity index (χ2v) is 5.80. The quantitative estimate of drug-likeness (QED) is 0.419. The minimum absolute atomic E-state index is 0.0643. The van der Waals surface area contributed by atoms with Gasteiger partial charge in [0.1, 0.15) is 0 Å². The first-order valence-corrected chi connectivity index (χ1v) is 6.76. The third-order valence-corrected chi connectivity index (χ3v) is 3.61. The molecule has 14 heteroatoms. The standard InChI is InChI=1S/C12H4BrF13/c13-6-3-1-2-5(4-6)7(14,15)8(16,17)9(18,19)10(20,21)11(22,23)12(24,25)26/h1-4H. The second kappa shape index (κ2) is 6.16. The third-order valence-electron chi connectivity index (χ3n) is 3.12. The molecule has 0 radical (unpaired) electrons. The molecule has 0 heterocycles. The van der Waals surface area contributed by atoms with Crippen molar-refractivity contribution in [2.75, 3.05) is 0 Å². The minimum Gasteiger partial charge on any atom is -0.194 e. The minimum atomic E-state index is -7.89. The highest BCUT2D eigenvalue weighted by Gasteiger charge is 2.90. The van der Waals surface area contributed by atoms with Crippen molar-refractivity contribution in [3.05, 3.63) is 34.3 Å². The van der Waals surface area contributed by atoms with Gasteiger partial charge in [0, 0.05) is 10.0 Å². The van der Waals surface area contributed by atoms with Crippen molar-refractivity contribution in [3.63, 3.8) is 0 Å². The van der Waals surface area contributed by atoms with Gasteiger partial charge in [0.25, 0.3) is 0 Å². The lowest BCUT2D eigenvalue weighted by molar-refractivity contribution is -0.441. The molecule has 1 aromatic carbocycles. The van der Waals surface area contributed by atoms with E-state index in [9.17, 15) is 57.1 Å². The Morgan fingerprint density at radius 2 is 1.00 bits per heavy atom. The van der Waals surface area contributed by atoms with Gasteiger partial charge in [-0.1, -0.05) is 28.1 Å². The lowest BCUT2D eigenvalue weighted by Gasteiger charge is -2.39. The highest BCUT2D eigenvalue weighted by molar-refractivity contribution is 9.10. The Morgan fingerprint density at radius 1 is 0.577 bits per heavy atom. The molecule has 26 heavy (non-hydrogen) atoms. The van der Waals surface area contributed by atoms with Gasteiger partial charge in [0.2, 0.25) is 0 Å². The molecule has 0 bridgehead atoms. The van der Waals surface area contributed by atoms with Gasteiger partial charge in [-0.05, 0) is 12.1 Å². The molecule has 0 amide bonds. The number of hydrogen-bond donors (Lipinski definition) is 0. The van der Waals surface area contributed by atoms with E-state index in [2.05, 4.69) is 15.9 Å². The molecule has 0 saturated heterocycles. The van der Waals surface area contributed by atoms with E-state index >= 15 is 0 Å². The summed E-state index contributed by atoms with van der Waals surface area (Å²) in [5, 5.41) is 0. The van der Waals surface area contributed by atoms with Crippen LogP contribution in [0.1, 0.15) is 5.56 Å². The maximum atomic E-state index is 13.7. The highest BCUT2D eigenvalue weighted by atomic mass is 79.9. The Bertz CT molecular complexity index is 661. The van der Waals surface area contributed by atoms with Crippen molar-refractivity contribution in [1.29, 1.82) is 0 Å². The van der Waals surface area contributed by atoms with Crippen LogP contribution in [0.25, 0.3) is 0 Å². The van der Waals surface area contributed by atoms with E-state index in [4.69, 9.17) is 0 Å². The molecular formula is C12H4BrF13. The first-order valence-electron chi connectivity index (χ1n) is 5.97. The van der Waals surface area contributed by atoms with Crippen molar-refractivity contribution in [3.8, 4) is 0 Å². The zero-order chi connectivity index (χ0) is 21.0. The average Bonchev–Trinajstić information content (AvgIpc) is 2.45. The SMILES string of the molecule is FC(F)(F)C(F)(F)C(F)(F)C(F)(F)C(F)(F)C(F)(F)c1cccc(Br)c1. The van der Waals surface area contributed by atoms with Gasteiger partial charge < -0.3 is 0 Å². The first-order chi connectivity index (χ1) is 11.2. The molecule has 0 aliphatic heterocycles. The van der Waals surface area contributed by atoms with Crippen molar-refractivity contribution in [1.82, 2.24) is 0 Å². The van der Waals surface area contributed by atoms with E-state index in [1.54, 1.807) is 0 Å². The fourth-order valence-electron chi connectivity index (χ4n) is 1.63. The molecule has 0 saturated carbocycles. The molecule has 1 aromatic rings. The van der Waals surface area contributed by atoms with Crippen LogP contribution in [0.3, 0.4) is 0 Å². The Hall–Kier alpha value is -1.21. The van der Waals surface area contributed by atoms with Crippen LogP contribution in [0.4, 0.5) is 57.1 Å². The summed E-state index contributed by atoms with van der Waals surface area (Å²) in [6.45, 7) is 0. The smallest absolute Gasteiger partial charge is 0.194 e. The Morgan fingerprint density at radius 3 is 1.38 bits per heavy atom. The van der Waals surface area contributed by atoms with Crippen LogP contribution in [-0.4, -0.2) is 29.9 Å². The van der Waals surface area contributed by atoms with E-state index in [0.717, 1.165) is 6.07 Å². The summed E-state index contributed by atoms with van der Waals surface area (Å²) < 4.78 is 168. The maximum Gasteiger partial charge on any atom is 0.460 e. The van der Waals surface area contributed by atoms with Gasteiger partial charge >= 0.3 is 35.8 Å². The topological polar surface area (TPSA) is 0 Å². The molecular weight excluding hydrogens is 471 g/mol. The Balaban J connectivity index is 3.58. The van der Waals surface area contributed by atoms with E-state index < -0.39 is 45.8 Å². The number of benzene rings is 1. The van der Waals surface area contributed by atoms with Gasteiger partial charge in [-0.25, -0.2) is 0 Å². The average molecular weight is 475 g/mol. The highest BCUT2D eigenvalue weighted by Crippen LogP contribution is 2.62. The number of alkyl halides is 13. The molecule has 0 aliphatic carbocycles. The first kappa shape index (κ1) is 22.8. The Labute approximate surface area is 144 Å². The van der Waals surface area contributed by atoms with E-state index in [-0.39, 0.29) is 12.1 Å². The molecule has 0 spiro atoms. The lowest BCUT2D eigenvalue weighted by atomic mass is 9.90. The predicted molar refractivity (Wildman–Crippen MR) is 63.9 cm³/mol. The van der Waals surface area contributed by atoms with E-state index in [1.165, 1.54) is 0 Å². The summed E-state index contributed by atoms with van der Waals surface area (Å²) in [6.07, 6.45) is -7.42. The molecule has 0 unspecified atom stereocenters. The Kier molecular flexibility index (Phi) is 5.41. The molecule has 0 fully saturated rings. The molecule has 0 nitrogen and oxygen atoms in total. The molecule has 0 aliphatic rings. The van der Waals surface area contributed by atoms with Gasteiger partial charge in [-0.3, -0.25) is 0 Å². The van der Waals surface area contributed by atoms with Gasteiger partial charge in [-0.15, -0.1) is 0 Å².